The number of carbonyl (C=O) groups excluding carboxylic acids is 1. The van der Waals surface area contributed by atoms with Crippen LogP contribution in [-0.4, -0.2) is 32.5 Å². The highest BCUT2D eigenvalue weighted by Crippen LogP contribution is 2.40. The standard InChI is InChI=1S/C27H38N2O4S/c1-25(2,3)18-27(7,8)28-24(30)23-17-29(34(31,32)20-12-10-9-11-13-20)21-16-19(26(4,5)6)14-15-22(21)33-23/h9-16,23H,17-18H2,1-8H3,(H,28,30). The molecule has 0 spiro atoms. The number of nitrogens with one attached hydrogen (secondary N) is 1. The van der Waals surface area contributed by atoms with Gasteiger partial charge in [0, 0.05) is 5.54 Å². The number of amides is 1. The van der Waals surface area contributed by atoms with E-state index in [9.17, 15) is 13.2 Å². The SMILES string of the molecule is CC(C)(C)CC(C)(C)NC(=O)C1CN(S(=O)(=O)c2ccccc2)c2cc(C(C)(C)C)ccc2O1. The van der Waals surface area contributed by atoms with Crippen LogP contribution in [0.1, 0.15) is 67.4 Å². The number of anilines is 1. The summed E-state index contributed by atoms with van der Waals surface area (Å²) in [5, 5.41) is 3.08. The average Bonchev–Trinajstić information content (AvgIpc) is 2.70. The molecule has 0 saturated carbocycles. The molecular weight excluding hydrogens is 448 g/mol. The Bertz CT molecular complexity index is 1140. The first-order chi connectivity index (χ1) is 15.5. The van der Waals surface area contributed by atoms with Crippen molar-refractivity contribution in [2.45, 2.75) is 83.8 Å². The van der Waals surface area contributed by atoms with Crippen molar-refractivity contribution in [2.75, 3.05) is 10.8 Å². The van der Waals surface area contributed by atoms with E-state index in [2.05, 4.69) is 46.9 Å². The lowest BCUT2D eigenvalue weighted by Gasteiger charge is -2.38. The molecule has 0 aliphatic carbocycles. The molecule has 0 radical (unpaired) electrons. The summed E-state index contributed by atoms with van der Waals surface area (Å²) >= 11 is 0. The Balaban J connectivity index is 2.02. The fraction of sp³-hybridized carbons (Fsp3) is 0.519. The number of nitrogens with zero attached hydrogens (tertiary/aromatic N) is 1. The molecule has 1 unspecified atom stereocenters. The van der Waals surface area contributed by atoms with Gasteiger partial charge >= 0.3 is 0 Å². The molecule has 0 saturated heterocycles. The second-order valence-corrected chi connectivity index (χ2v) is 13.9. The van der Waals surface area contributed by atoms with E-state index in [0.717, 1.165) is 12.0 Å². The number of hydrogen-bond donors (Lipinski definition) is 1. The Morgan fingerprint density at radius 3 is 2.18 bits per heavy atom. The summed E-state index contributed by atoms with van der Waals surface area (Å²) in [6, 6.07) is 13.8. The van der Waals surface area contributed by atoms with Crippen LogP contribution in [0.4, 0.5) is 5.69 Å². The molecule has 3 rings (SSSR count). The minimum Gasteiger partial charge on any atom is -0.476 e. The smallest absolute Gasteiger partial charge is 0.264 e. The van der Waals surface area contributed by atoms with Crippen molar-refractivity contribution in [1.82, 2.24) is 5.32 Å². The molecular formula is C27H38N2O4S. The molecule has 1 N–H and O–H groups in total. The second-order valence-electron chi connectivity index (χ2n) is 12.0. The van der Waals surface area contributed by atoms with Crippen LogP contribution in [0.15, 0.2) is 53.4 Å². The van der Waals surface area contributed by atoms with E-state index in [1.807, 2.05) is 26.0 Å². The summed E-state index contributed by atoms with van der Waals surface area (Å²) in [6.45, 7) is 16.4. The van der Waals surface area contributed by atoms with Gasteiger partial charge in [-0.1, -0.05) is 65.8 Å². The fourth-order valence-corrected chi connectivity index (χ4v) is 6.07. The molecule has 6 nitrogen and oxygen atoms in total. The molecule has 7 heteroatoms. The fourth-order valence-electron chi connectivity index (χ4n) is 4.59. The van der Waals surface area contributed by atoms with E-state index in [4.69, 9.17) is 4.74 Å². The summed E-state index contributed by atoms with van der Waals surface area (Å²) < 4.78 is 34.8. The highest BCUT2D eigenvalue weighted by Gasteiger charge is 2.40. The first-order valence-electron chi connectivity index (χ1n) is 11.7. The van der Waals surface area contributed by atoms with E-state index in [-0.39, 0.29) is 28.2 Å². The maximum Gasteiger partial charge on any atom is 0.264 e. The largest absolute Gasteiger partial charge is 0.476 e. The van der Waals surface area contributed by atoms with E-state index in [0.29, 0.717) is 11.4 Å². The normalized spacial score (nSPS) is 17.1. The number of benzene rings is 2. The van der Waals surface area contributed by atoms with Crippen molar-refractivity contribution in [2.24, 2.45) is 5.41 Å². The number of sulfonamides is 1. The average molecular weight is 487 g/mol. The predicted octanol–water partition coefficient (Wildman–Crippen LogP) is 5.27. The van der Waals surface area contributed by atoms with Gasteiger partial charge in [0.2, 0.25) is 0 Å². The van der Waals surface area contributed by atoms with E-state index in [1.54, 1.807) is 36.4 Å². The van der Waals surface area contributed by atoms with Crippen LogP contribution in [0.25, 0.3) is 0 Å². The van der Waals surface area contributed by atoms with Crippen LogP contribution in [0.3, 0.4) is 0 Å². The summed E-state index contributed by atoms with van der Waals surface area (Å²) in [5.41, 5.74) is 0.801. The summed E-state index contributed by atoms with van der Waals surface area (Å²) in [5.74, 6) is 0.0561. The van der Waals surface area contributed by atoms with Crippen LogP contribution in [-0.2, 0) is 20.2 Å². The monoisotopic (exact) mass is 486 g/mol. The Labute approximate surface area is 204 Å². The number of hydrogen-bond acceptors (Lipinski definition) is 4. The molecule has 186 valence electrons. The van der Waals surface area contributed by atoms with E-state index in [1.165, 1.54) is 4.31 Å². The third-order valence-corrected chi connectivity index (χ3v) is 7.55. The molecule has 0 bridgehead atoms. The molecule has 1 aliphatic heterocycles. The van der Waals surface area contributed by atoms with Gasteiger partial charge in [-0.15, -0.1) is 0 Å². The Kier molecular flexibility index (Phi) is 6.83. The molecule has 1 atom stereocenters. The van der Waals surface area contributed by atoms with Crippen molar-refractivity contribution < 1.29 is 17.9 Å². The number of carbonyl (C=O) groups is 1. The van der Waals surface area contributed by atoms with Crippen LogP contribution in [0.5, 0.6) is 5.75 Å². The third kappa shape index (κ3) is 5.93. The number of fused-ring (bicyclic) bond motifs is 1. The molecule has 1 heterocycles. The minimum absolute atomic E-state index is 0.0167. The van der Waals surface area contributed by atoms with Gasteiger partial charge in [-0.2, -0.15) is 0 Å². The lowest BCUT2D eigenvalue weighted by molar-refractivity contribution is -0.129. The van der Waals surface area contributed by atoms with Gasteiger partial charge in [-0.25, -0.2) is 8.42 Å². The van der Waals surface area contributed by atoms with Crippen molar-refractivity contribution in [3.63, 3.8) is 0 Å². The van der Waals surface area contributed by atoms with Crippen molar-refractivity contribution in [3.05, 3.63) is 54.1 Å². The van der Waals surface area contributed by atoms with Gasteiger partial charge in [-0.05, 0) is 60.9 Å². The lowest BCUT2D eigenvalue weighted by atomic mass is 9.81. The maximum absolute atomic E-state index is 13.7. The first kappa shape index (κ1) is 26.1. The van der Waals surface area contributed by atoms with Crippen LogP contribution in [0.2, 0.25) is 0 Å². The summed E-state index contributed by atoms with van der Waals surface area (Å²) in [6.07, 6.45) is -0.207. The number of ether oxygens (including phenoxy) is 1. The Hall–Kier alpha value is -2.54. The van der Waals surface area contributed by atoms with E-state index < -0.39 is 21.7 Å². The molecule has 2 aromatic carbocycles. The topological polar surface area (TPSA) is 75.7 Å². The zero-order valence-corrected chi connectivity index (χ0v) is 22.4. The van der Waals surface area contributed by atoms with Crippen LogP contribution in [0, 0.1) is 5.41 Å². The lowest BCUT2D eigenvalue weighted by Crippen LogP contribution is -2.55. The molecule has 0 aromatic heterocycles. The maximum atomic E-state index is 13.7. The van der Waals surface area contributed by atoms with Crippen molar-refractivity contribution in [1.29, 1.82) is 0 Å². The second kappa shape index (κ2) is 8.91. The van der Waals surface area contributed by atoms with E-state index >= 15 is 0 Å². The zero-order valence-electron chi connectivity index (χ0n) is 21.6. The molecule has 1 aliphatic rings. The van der Waals surface area contributed by atoms with Gasteiger partial charge in [0.05, 0.1) is 17.1 Å². The van der Waals surface area contributed by atoms with Gasteiger partial charge in [-0.3, -0.25) is 9.10 Å². The van der Waals surface area contributed by atoms with Crippen molar-refractivity contribution in [3.8, 4) is 5.75 Å². The third-order valence-electron chi connectivity index (χ3n) is 5.75. The van der Waals surface area contributed by atoms with Gasteiger partial charge in [0.1, 0.15) is 5.75 Å². The summed E-state index contributed by atoms with van der Waals surface area (Å²) in [7, 11) is -3.90. The van der Waals surface area contributed by atoms with Crippen LogP contribution < -0.4 is 14.4 Å². The molecule has 1 amide bonds. The molecule has 0 fully saturated rings. The number of rotatable bonds is 5. The minimum atomic E-state index is -3.90. The van der Waals surface area contributed by atoms with Gasteiger partial charge < -0.3 is 10.1 Å². The quantitative estimate of drug-likeness (QED) is 0.625. The highest BCUT2D eigenvalue weighted by molar-refractivity contribution is 7.92. The Morgan fingerprint density at radius 1 is 1.00 bits per heavy atom. The van der Waals surface area contributed by atoms with Crippen LogP contribution >= 0.6 is 0 Å². The highest BCUT2D eigenvalue weighted by atomic mass is 32.2. The van der Waals surface area contributed by atoms with Gasteiger partial charge in [0.25, 0.3) is 15.9 Å². The van der Waals surface area contributed by atoms with Crippen molar-refractivity contribution >= 4 is 21.6 Å². The molecule has 34 heavy (non-hydrogen) atoms. The molecule has 2 aromatic rings. The zero-order chi connectivity index (χ0) is 25.5. The summed E-state index contributed by atoms with van der Waals surface area (Å²) in [4.78, 5) is 13.5. The first-order valence-corrected chi connectivity index (χ1v) is 13.1. The Morgan fingerprint density at radius 2 is 1.62 bits per heavy atom. The predicted molar refractivity (Wildman–Crippen MR) is 137 cm³/mol. The van der Waals surface area contributed by atoms with Gasteiger partial charge in [0.15, 0.2) is 6.10 Å².